The van der Waals surface area contributed by atoms with E-state index < -0.39 is 5.97 Å². The van der Waals surface area contributed by atoms with Gasteiger partial charge in [-0.2, -0.15) is 0 Å². The zero-order valence-electron chi connectivity index (χ0n) is 16.4. The molecule has 0 bridgehead atoms. The van der Waals surface area contributed by atoms with E-state index in [-0.39, 0.29) is 12.4 Å². The highest BCUT2D eigenvalue weighted by molar-refractivity contribution is 6.05. The van der Waals surface area contributed by atoms with E-state index in [2.05, 4.69) is 21.7 Å². The molecule has 0 spiro atoms. The third-order valence-corrected chi connectivity index (χ3v) is 5.20. The van der Waals surface area contributed by atoms with Crippen molar-refractivity contribution >= 4 is 22.7 Å². The zero-order chi connectivity index (χ0) is 20.4. The van der Waals surface area contributed by atoms with Crippen LogP contribution in [-0.2, 0) is 11.3 Å². The van der Waals surface area contributed by atoms with Gasteiger partial charge < -0.3 is 14.3 Å². The Morgan fingerprint density at radius 2 is 1.69 bits per heavy atom. The lowest BCUT2D eigenvalue weighted by molar-refractivity contribution is 0.0476. The maximum absolute atomic E-state index is 12.7. The van der Waals surface area contributed by atoms with Crippen LogP contribution < -0.4 is 0 Å². The van der Waals surface area contributed by atoms with Crippen LogP contribution >= 0.6 is 0 Å². The molecule has 0 radical (unpaired) electrons. The number of nitrogens with zero attached hydrogens (tertiary/aromatic N) is 1. The Balaban J connectivity index is 1.47. The second-order valence-corrected chi connectivity index (χ2v) is 7.10. The topological polar surface area (TPSA) is 64.1 Å². The molecule has 4 rings (SSSR count). The van der Waals surface area contributed by atoms with E-state index >= 15 is 0 Å². The minimum absolute atomic E-state index is 0.203. The number of rotatable bonds is 6. The van der Waals surface area contributed by atoms with Gasteiger partial charge in [-0.25, -0.2) is 4.79 Å². The van der Waals surface area contributed by atoms with Gasteiger partial charge in [0.05, 0.1) is 5.56 Å². The number of esters is 1. The van der Waals surface area contributed by atoms with Crippen molar-refractivity contribution in [3.63, 3.8) is 0 Å². The number of nitrogens with one attached hydrogen (secondary N) is 1. The molecule has 5 nitrogen and oxygen atoms in total. The average molecular weight is 386 g/mol. The number of carbonyl (C=O) groups excluding carboxylic acids is 2. The second kappa shape index (κ2) is 7.80. The van der Waals surface area contributed by atoms with Gasteiger partial charge in [-0.3, -0.25) is 4.79 Å². The van der Waals surface area contributed by atoms with Gasteiger partial charge in [-0.15, -0.1) is 0 Å². The molecule has 0 fully saturated rings. The second-order valence-electron chi connectivity index (χ2n) is 7.10. The Kier molecular flexibility index (Phi) is 5.04. The van der Waals surface area contributed by atoms with Crippen LogP contribution in [0, 0.1) is 13.8 Å². The summed E-state index contributed by atoms with van der Waals surface area (Å²) >= 11 is 0. The summed E-state index contributed by atoms with van der Waals surface area (Å²) in [5.41, 5.74) is 4.92. The molecular weight excluding hydrogens is 364 g/mol. The molecule has 2 aromatic carbocycles. The first-order valence-corrected chi connectivity index (χ1v) is 9.51. The largest absolute Gasteiger partial charge is 0.454 e. The first kappa shape index (κ1) is 18.7. The highest BCUT2D eigenvalue weighted by atomic mass is 16.5. The minimum Gasteiger partial charge on any atom is -0.454 e. The van der Waals surface area contributed by atoms with Crippen molar-refractivity contribution in [2.75, 3.05) is 6.61 Å². The van der Waals surface area contributed by atoms with Crippen molar-refractivity contribution < 1.29 is 14.3 Å². The van der Waals surface area contributed by atoms with Crippen molar-refractivity contribution in [1.82, 2.24) is 9.55 Å². The molecular formula is C24H22N2O3. The van der Waals surface area contributed by atoms with E-state index in [1.807, 2.05) is 62.4 Å². The SMILES string of the molecule is Cc1cc(C(=O)COC(=O)c2c[nH]c3ccccc23)c(C)n1Cc1ccccc1. The van der Waals surface area contributed by atoms with Crippen molar-refractivity contribution in [2.24, 2.45) is 0 Å². The monoisotopic (exact) mass is 386 g/mol. The van der Waals surface area contributed by atoms with Crippen LogP contribution in [0.25, 0.3) is 10.9 Å². The molecule has 0 saturated carbocycles. The van der Waals surface area contributed by atoms with Crippen LogP contribution in [-0.4, -0.2) is 27.9 Å². The number of ketones is 1. The van der Waals surface area contributed by atoms with Crippen molar-refractivity contribution in [2.45, 2.75) is 20.4 Å². The van der Waals surface area contributed by atoms with Gasteiger partial charge in [-0.05, 0) is 31.5 Å². The molecule has 29 heavy (non-hydrogen) atoms. The van der Waals surface area contributed by atoms with E-state index in [1.165, 1.54) is 5.56 Å². The lowest BCUT2D eigenvalue weighted by atomic mass is 10.1. The van der Waals surface area contributed by atoms with E-state index in [0.29, 0.717) is 17.7 Å². The Morgan fingerprint density at radius 1 is 0.966 bits per heavy atom. The van der Waals surface area contributed by atoms with Crippen molar-refractivity contribution in [1.29, 1.82) is 0 Å². The Morgan fingerprint density at radius 3 is 2.48 bits per heavy atom. The van der Waals surface area contributed by atoms with E-state index in [0.717, 1.165) is 22.3 Å². The summed E-state index contributed by atoms with van der Waals surface area (Å²) in [6, 6.07) is 19.4. The van der Waals surface area contributed by atoms with Gasteiger partial charge in [0.25, 0.3) is 0 Å². The van der Waals surface area contributed by atoms with Crippen LogP contribution in [0.5, 0.6) is 0 Å². The molecule has 146 valence electrons. The number of ether oxygens (including phenoxy) is 1. The van der Waals surface area contributed by atoms with E-state index in [9.17, 15) is 9.59 Å². The molecule has 0 aliphatic carbocycles. The molecule has 2 aromatic heterocycles. The summed E-state index contributed by atoms with van der Waals surface area (Å²) in [5.74, 6) is -0.709. The maximum atomic E-state index is 12.7. The molecule has 1 N–H and O–H groups in total. The number of hydrogen-bond donors (Lipinski definition) is 1. The number of aryl methyl sites for hydroxylation is 1. The van der Waals surface area contributed by atoms with Crippen LogP contribution in [0.3, 0.4) is 0 Å². The molecule has 0 unspecified atom stereocenters. The van der Waals surface area contributed by atoms with E-state index in [4.69, 9.17) is 4.74 Å². The van der Waals surface area contributed by atoms with Gasteiger partial charge in [0.15, 0.2) is 6.61 Å². The van der Waals surface area contributed by atoms with Crippen LogP contribution in [0.1, 0.15) is 37.7 Å². The summed E-state index contributed by atoms with van der Waals surface area (Å²) in [4.78, 5) is 28.2. The number of H-pyrrole nitrogens is 1. The van der Waals surface area contributed by atoms with Crippen molar-refractivity contribution in [3.8, 4) is 0 Å². The predicted octanol–water partition coefficient (Wildman–Crippen LogP) is 4.67. The van der Waals surface area contributed by atoms with Crippen LogP contribution in [0.2, 0.25) is 0 Å². The molecule has 0 amide bonds. The summed E-state index contributed by atoms with van der Waals surface area (Å²) < 4.78 is 7.42. The Bertz CT molecular complexity index is 1190. The fourth-order valence-electron chi connectivity index (χ4n) is 3.62. The number of aromatic amines is 1. The highest BCUT2D eigenvalue weighted by Gasteiger charge is 2.19. The number of para-hydroxylation sites is 1. The smallest absolute Gasteiger partial charge is 0.340 e. The molecule has 0 aliphatic heterocycles. The van der Waals surface area contributed by atoms with Gasteiger partial charge >= 0.3 is 5.97 Å². The molecule has 5 heteroatoms. The van der Waals surface area contributed by atoms with Crippen LogP contribution in [0.15, 0.2) is 66.9 Å². The van der Waals surface area contributed by atoms with Gasteiger partial charge in [0.1, 0.15) is 0 Å². The number of fused-ring (bicyclic) bond motifs is 1. The fraction of sp³-hybridized carbons (Fsp3) is 0.167. The van der Waals surface area contributed by atoms with Gasteiger partial charge in [0.2, 0.25) is 5.78 Å². The first-order chi connectivity index (χ1) is 14.0. The van der Waals surface area contributed by atoms with Crippen LogP contribution in [0.4, 0.5) is 0 Å². The molecule has 4 aromatic rings. The molecule has 2 heterocycles. The number of aromatic nitrogens is 2. The van der Waals surface area contributed by atoms with Gasteiger partial charge in [0, 0.05) is 40.6 Å². The maximum Gasteiger partial charge on any atom is 0.340 e. The van der Waals surface area contributed by atoms with E-state index in [1.54, 1.807) is 6.20 Å². The average Bonchev–Trinajstić information content (AvgIpc) is 3.29. The lowest BCUT2D eigenvalue weighted by Crippen LogP contribution is -2.15. The fourth-order valence-corrected chi connectivity index (χ4v) is 3.62. The Labute approximate surface area is 168 Å². The number of Topliss-reactive ketones (excluding diaryl/α,β-unsaturated/α-hetero) is 1. The zero-order valence-corrected chi connectivity index (χ0v) is 16.4. The quantitative estimate of drug-likeness (QED) is 0.387. The predicted molar refractivity (Wildman–Crippen MR) is 112 cm³/mol. The third-order valence-electron chi connectivity index (χ3n) is 5.20. The highest BCUT2D eigenvalue weighted by Crippen LogP contribution is 2.20. The number of hydrogen-bond acceptors (Lipinski definition) is 3. The normalized spacial score (nSPS) is 11.0. The van der Waals surface area contributed by atoms with Crippen molar-refractivity contribution in [3.05, 3.63) is 94.9 Å². The standard InChI is InChI=1S/C24H22N2O3/c1-16-12-20(17(2)26(16)14-18-8-4-3-5-9-18)23(27)15-29-24(28)21-13-25-22-11-7-6-10-19(21)22/h3-13,25H,14-15H2,1-2H3. The summed E-state index contributed by atoms with van der Waals surface area (Å²) in [7, 11) is 0. The lowest BCUT2D eigenvalue weighted by Gasteiger charge is -2.10. The minimum atomic E-state index is -0.506. The summed E-state index contributed by atoms with van der Waals surface area (Å²) in [5, 5.41) is 0.783. The number of benzene rings is 2. The molecule has 0 atom stereocenters. The molecule has 0 saturated heterocycles. The Hall–Kier alpha value is -3.60. The summed E-state index contributed by atoms with van der Waals surface area (Å²) in [6.45, 7) is 4.31. The molecule has 0 aliphatic rings. The third kappa shape index (κ3) is 3.72. The summed E-state index contributed by atoms with van der Waals surface area (Å²) in [6.07, 6.45) is 1.61. The van der Waals surface area contributed by atoms with Gasteiger partial charge in [-0.1, -0.05) is 48.5 Å². The number of carbonyl (C=O) groups is 2. The first-order valence-electron chi connectivity index (χ1n) is 9.51.